The topological polar surface area (TPSA) is 191 Å². The highest BCUT2D eigenvalue weighted by molar-refractivity contribution is 7.18. The highest BCUT2D eigenvalue weighted by Gasteiger charge is 2.25. The van der Waals surface area contributed by atoms with E-state index in [1.165, 1.54) is 18.4 Å². The first kappa shape index (κ1) is 49.4. The van der Waals surface area contributed by atoms with Crippen LogP contribution in [0.15, 0.2) is 97.1 Å². The number of carbonyl (C=O) groups excluding carboxylic acids is 2. The van der Waals surface area contributed by atoms with Crippen molar-refractivity contribution in [3.8, 4) is 22.5 Å². The van der Waals surface area contributed by atoms with Crippen molar-refractivity contribution < 1.29 is 29.4 Å². The first-order valence-electron chi connectivity index (χ1n) is 18.7. The quantitative estimate of drug-likeness (QED) is 0.0621. The molecule has 6 aromatic rings. The van der Waals surface area contributed by atoms with Crippen LogP contribution < -0.4 is 26.2 Å². The minimum Gasteiger partial charge on any atom is -0.481 e. The number of nitrogens with two attached hydrogens (primary N) is 1. The predicted molar refractivity (Wildman–Crippen MR) is 252 cm³/mol. The number of anilines is 2. The second-order valence-corrected chi connectivity index (χ2v) is 16.5. The van der Waals surface area contributed by atoms with Gasteiger partial charge in [-0.2, -0.15) is 0 Å². The van der Waals surface area contributed by atoms with Crippen molar-refractivity contribution in [2.45, 2.75) is 25.9 Å². The van der Waals surface area contributed by atoms with E-state index in [0.29, 0.717) is 78.1 Å². The van der Waals surface area contributed by atoms with Gasteiger partial charge in [-0.1, -0.05) is 142 Å². The number of aromatic carboxylic acids is 1. The van der Waals surface area contributed by atoms with Crippen molar-refractivity contribution in [3.05, 3.63) is 138 Å². The molecule has 2 amide bonds. The fourth-order valence-corrected chi connectivity index (χ4v) is 8.27. The molecule has 19 heteroatoms. The lowest BCUT2D eigenvalue weighted by Crippen LogP contribution is -2.29. The van der Waals surface area contributed by atoms with E-state index in [1.54, 1.807) is 55.4 Å². The van der Waals surface area contributed by atoms with Crippen molar-refractivity contribution in [2.75, 3.05) is 44.0 Å². The number of halogens is 4. The monoisotopic (exact) mass is 957 g/mol. The molecule has 0 saturated carbocycles. The molecule has 6 N–H and O–H groups in total. The lowest BCUT2D eigenvalue weighted by atomic mass is 10.1. The zero-order valence-corrected chi connectivity index (χ0v) is 38.4. The van der Waals surface area contributed by atoms with E-state index in [1.807, 2.05) is 65.6 Å². The average molecular weight is 960 g/mol. The Bertz CT molecular complexity index is 2460. The molecule has 0 aliphatic rings. The molecular weight excluding hydrogens is 916 g/mol. The van der Waals surface area contributed by atoms with E-state index >= 15 is 0 Å². The number of carboxylic acid groups (broad SMARTS) is 2. The van der Waals surface area contributed by atoms with Gasteiger partial charge >= 0.3 is 11.9 Å². The Labute approximate surface area is 387 Å². The van der Waals surface area contributed by atoms with Gasteiger partial charge in [-0.15, -0.1) is 0 Å². The summed E-state index contributed by atoms with van der Waals surface area (Å²) in [6.45, 7) is 1.61. The van der Waals surface area contributed by atoms with Gasteiger partial charge in [0.2, 0.25) is 5.91 Å². The number of aliphatic carboxylic acids is 1. The fourth-order valence-electron chi connectivity index (χ4n) is 5.66. The molecule has 0 saturated heterocycles. The first-order chi connectivity index (χ1) is 29.8. The fraction of sp³-hybridized carbons (Fsp3) is 0.209. The number of nitrogens with zero attached hydrogens (tertiary/aromatic N) is 4. The third-order valence-corrected chi connectivity index (χ3v) is 12.4. The molecule has 62 heavy (non-hydrogen) atoms. The van der Waals surface area contributed by atoms with Crippen molar-refractivity contribution >= 4 is 103 Å². The summed E-state index contributed by atoms with van der Waals surface area (Å²) in [7, 11) is 4.69. The molecule has 13 nitrogen and oxygen atoms in total. The Morgan fingerprint density at radius 2 is 1.05 bits per heavy atom. The molecule has 6 rings (SSSR count). The van der Waals surface area contributed by atoms with Crippen LogP contribution in [0, 0.1) is 0 Å². The van der Waals surface area contributed by atoms with E-state index in [2.05, 4.69) is 21.4 Å². The molecule has 0 fully saturated rings. The van der Waals surface area contributed by atoms with Gasteiger partial charge in [0.05, 0.1) is 37.9 Å². The minimum atomic E-state index is -1.12. The molecule has 0 aliphatic carbocycles. The maximum absolute atomic E-state index is 12.6. The normalized spacial score (nSPS) is 10.4. The maximum atomic E-state index is 12.6. The molecule has 0 radical (unpaired) electrons. The summed E-state index contributed by atoms with van der Waals surface area (Å²) in [5, 5.41) is 26.6. The van der Waals surface area contributed by atoms with Crippen LogP contribution >= 0.6 is 69.1 Å². The number of carboxylic acids is 2. The van der Waals surface area contributed by atoms with Crippen LogP contribution in [0.25, 0.3) is 22.5 Å². The molecular formula is C43H43Cl4N7O6S2. The van der Waals surface area contributed by atoms with Crippen molar-refractivity contribution in [1.82, 2.24) is 20.6 Å². The summed E-state index contributed by atoms with van der Waals surface area (Å²) in [5.41, 5.74) is 8.55. The van der Waals surface area contributed by atoms with Crippen LogP contribution in [0.4, 0.5) is 10.3 Å². The third-order valence-electron chi connectivity index (χ3n) is 8.70. The molecule has 326 valence electrons. The third kappa shape index (κ3) is 13.9. The van der Waals surface area contributed by atoms with E-state index < -0.39 is 11.9 Å². The zero-order chi connectivity index (χ0) is 45.3. The van der Waals surface area contributed by atoms with E-state index in [0.717, 1.165) is 22.5 Å². The molecule has 2 heterocycles. The van der Waals surface area contributed by atoms with Gasteiger partial charge in [-0.05, 0) is 42.4 Å². The van der Waals surface area contributed by atoms with E-state index in [9.17, 15) is 24.3 Å². The minimum absolute atomic E-state index is 0.0479. The van der Waals surface area contributed by atoms with Crippen LogP contribution in [0.5, 0.6) is 0 Å². The van der Waals surface area contributed by atoms with Gasteiger partial charge in [0.1, 0.15) is 9.75 Å². The number of carbonyl (C=O) groups is 4. The zero-order valence-electron chi connectivity index (χ0n) is 33.7. The summed E-state index contributed by atoms with van der Waals surface area (Å²) in [6, 6.07) is 29.4. The van der Waals surface area contributed by atoms with Gasteiger partial charge in [-0.25, -0.2) is 14.8 Å². The molecule has 0 aliphatic heterocycles. The summed E-state index contributed by atoms with van der Waals surface area (Å²) >= 11 is 26.6. The van der Waals surface area contributed by atoms with Gasteiger partial charge in [0.25, 0.3) is 5.91 Å². The number of hydrogen-bond donors (Lipinski definition) is 5. The number of rotatable bonds is 16. The summed E-state index contributed by atoms with van der Waals surface area (Å²) in [4.78, 5) is 60.9. The predicted octanol–water partition coefficient (Wildman–Crippen LogP) is 9.49. The number of hydrogen-bond acceptors (Lipinski definition) is 11. The molecule has 0 unspecified atom stereocenters. The van der Waals surface area contributed by atoms with Gasteiger partial charge < -0.3 is 36.4 Å². The van der Waals surface area contributed by atoms with Crippen molar-refractivity contribution in [1.29, 1.82) is 0 Å². The molecule has 0 spiro atoms. The average Bonchev–Trinajstić information content (AvgIpc) is 3.94. The van der Waals surface area contributed by atoms with Gasteiger partial charge in [0.15, 0.2) is 10.3 Å². The second kappa shape index (κ2) is 24.4. The lowest BCUT2D eigenvalue weighted by Gasteiger charge is -2.21. The Morgan fingerprint density at radius 3 is 1.45 bits per heavy atom. The maximum Gasteiger partial charge on any atom is 0.348 e. The number of nitrogens with one attached hydrogen (secondary N) is 2. The number of thiazole rings is 2. The van der Waals surface area contributed by atoms with Crippen LogP contribution in [-0.2, 0) is 22.7 Å². The van der Waals surface area contributed by atoms with E-state index in [4.69, 9.17) is 56.5 Å². The molecule has 2 aromatic heterocycles. The second-order valence-electron chi connectivity index (χ2n) is 12.9. The Kier molecular flexibility index (Phi) is 19.4. The van der Waals surface area contributed by atoms with Crippen LogP contribution in [-0.4, -0.2) is 78.2 Å². The highest BCUT2D eigenvalue weighted by Crippen LogP contribution is 2.38. The number of aromatic nitrogens is 2. The smallest absolute Gasteiger partial charge is 0.348 e. The lowest BCUT2D eigenvalue weighted by molar-refractivity contribution is -0.136. The SMILES string of the molecule is CN.CNC(=O)CCN(Cc1ccccc1)c1nc(-c2ccc(Cl)c(Cl)c2)c(C(=O)NC)s1.O=C(O)CCN(Cc1ccccc1)c1nc(-c2ccc(Cl)c(Cl)c2)c(C(=O)O)s1. The Hall–Kier alpha value is -5.26. The summed E-state index contributed by atoms with van der Waals surface area (Å²) in [5.74, 6) is -2.36. The molecule has 0 bridgehead atoms. The van der Waals surface area contributed by atoms with Crippen molar-refractivity contribution in [3.63, 3.8) is 0 Å². The highest BCUT2D eigenvalue weighted by atomic mass is 35.5. The first-order valence-corrected chi connectivity index (χ1v) is 21.9. The van der Waals surface area contributed by atoms with E-state index in [-0.39, 0.29) is 35.4 Å². The van der Waals surface area contributed by atoms with Crippen LogP contribution in [0.2, 0.25) is 20.1 Å². The Morgan fingerprint density at radius 1 is 0.613 bits per heavy atom. The van der Waals surface area contributed by atoms with Crippen LogP contribution in [0.1, 0.15) is 43.3 Å². The van der Waals surface area contributed by atoms with Gasteiger partial charge in [0, 0.05) is 57.8 Å². The van der Waals surface area contributed by atoms with Crippen LogP contribution in [0.3, 0.4) is 0 Å². The summed E-state index contributed by atoms with van der Waals surface area (Å²) < 4.78 is 0. The standard InChI is InChI=1S/C22H22Cl2N4O2S.C20H16Cl2N2O4S.CH5N/c1-25-18(29)10-11-28(13-14-6-4-3-5-7-14)22-27-19(20(31-22)21(30)26-2)15-8-9-16(23)17(24)12-15;21-14-7-6-13(10-15(14)22)17-18(19(27)28)29-20(23-17)24(9-8-16(25)26)11-12-4-2-1-3-5-12;1-2/h3-9,12H,10-11,13H2,1-2H3,(H,25,29)(H,26,30);1-7,10H,8-9,11H2,(H,25,26)(H,27,28);2H2,1H3. The number of amides is 2. The van der Waals surface area contributed by atoms with Gasteiger partial charge in [-0.3, -0.25) is 14.4 Å². The Balaban J connectivity index is 0.000000263. The van der Waals surface area contributed by atoms with Crippen molar-refractivity contribution in [2.24, 2.45) is 5.73 Å². The molecule has 4 aromatic carbocycles. The number of benzene rings is 4. The largest absolute Gasteiger partial charge is 0.481 e. The summed E-state index contributed by atoms with van der Waals surface area (Å²) in [6.07, 6.45) is 0.206. The molecule has 0 atom stereocenters.